The summed E-state index contributed by atoms with van der Waals surface area (Å²) in [6, 6.07) is 11.5. The van der Waals surface area contributed by atoms with Gasteiger partial charge in [0.1, 0.15) is 11.6 Å². The average Bonchev–Trinajstić information content (AvgIpc) is 2.45. The van der Waals surface area contributed by atoms with E-state index < -0.39 is 11.6 Å². The number of hydrogen-bond donors (Lipinski definition) is 2. The third kappa shape index (κ3) is 3.78. The molecular weight excluding hydrogens is 260 g/mol. The van der Waals surface area contributed by atoms with Crippen molar-refractivity contribution in [1.29, 1.82) is 0 Å². The monoisotopic (exact) mass is 277 g/mol. The molecule has 0 aliphatic rings. The molecule has 2 aromatic carbocycles. The Labute approximate surface area is 117 Å². The Morgan fingerprint density at radius 2 is 1.70 bits per heavy atom. The second kappa shape index (κ2) is 7.01. The van der Waals surface area contributed by atoms with E-state index in [9.17, 15) is 8.78 Å². The number of aryl methyl sites for hydroxylation is 1. The molecule has 0 amide bonds. The van der Waals surface area contributed by atoms with Crippen LogP contribution in [0.4, 0.5) is 14.5 Å². The Bertz CT molecular complexity index is 552. The lowest BCUT2D eigenvalue weighted by Crippen LogP contribution is -2.04. The molecule has 0 aliphatic heterocycles. The van der Waals surface area contributed by atoms with Gasteiger partial charge in [0.2, 0.25) is 0 Å². The first-order chi connectivity index (χ1) is 9.70. The van der Waals surface area contributed by atoms with Crippen LogP contribution in [0, 0.1) is 11.6 Å². The first kappa shape index (κ1) is 14.5. The molecule has 2 N–H and O–H groups in total. The summed E-state index contributed by atoms with van der Waals surface area (Å²) in [6.07, 6.45) is 1.48. The van der Waals surface area contributed by atoms with Gasteiger partial charge in [-0.15, -0.1) is 0 Å². The van der Waals surface area contributed by atoms with Crippen LogP contribution < -0.4 is 5.32 Å². The van der Waals surface area contributed by atoms with Gasteiger partial charge in [-0.25, -0.2) is 8.78 Å². The normalized spacial score (nSPS) is 10.6. The predicted octanol–water partition coefficient (Wildman–Crippen LogP) is 3.50. The van der Waals surface area contributed by atoms with Crippen molar-refractivity contribution in [1.82, 2.24) is 0 Å². The third-order valence-electron chi connectivity index (χ3n) is 3.08. The maximum absolute atomic E-state index is 13.5. The third-order valence-corrected chi connectivity index (χ3v) is 3.08. The zero-order chi connectivity index (χ0) is 14.4. The van der Waals surface area contributed by atoms with Crippen LogP contribution in [-0.4, -0.2) is 11.7 Å². The van der Waals surface area contributed by atoms with E-state index in [-0.39, 0.29) is 18.7 Å². The molecule has 0 atom stereocenters. The molecular formula is C16H17F2NO. The van der Waals surface area contributed by atoms with Gasteiger partial charge in [0.15, 0.2) is 0 Å². The summed E-state index contributed by atoms with van der Waals surface area (Å²) in [4.78, 5) is 0. The SMILES string of the molecule is OCCCc1cccc(NCc2c(F)cccc2F)c1. The highest BCUT2D eigenvalue weighted by Gasteiger charge is 2.07. The van der Waals surface area contributed by atoms with Crippen LogP contribution in [0.3, 0.4) is 0 Å². The first-order valence-corrected chi connectivity index (χ1v) is 6.57. The van der Waals surface area contributed by atoms with Gasteiger partial charge >= 0.3 is 0 Å². The highest BCUT2D eigenvalue weighted by Crippen LogP contribution is 2.16. The average molecular weight is 277 g/mol. The summed E-state index contributed by atoms with van der Waals surface area (Å²) in [7, 11) is 0. The van der Waals surface area contributed by atoms with E-state index in [4.69, 9.17) is 5.11 Å². The molecule has 2 rings (SSSR count). The molecule has 106 valence electrons. The number of halogens is 2. The maximum Gasteiger partial charge on any atom is 0.131 e. The second-order valence-electron chi connectivity index (χ2n) is 4.58. The molecule has 0 saturated heterocycles. The van der Waals surface area contributed by atoms with E-state index >= 15 is 0 Å². The van der Waals surface area contributed by atoms with Crippen LogP contribution in [0.5, 0.6) is 0 Å². The molecule has 0 aromatic heterocycles. The van der Waals surface area contributed by atoms with Crippen molar-refractivity contribution < 1.29 is 13.9 Å². The van der Waals surface area contributed by atoms with E-state index in [2.05, 4.69) is 5.32 Å². The number of hydrogen-bond acceptors (Lipinski definition) is 2. The van der Waals surface area contributed by atoms with Crippen molar-refractivity contribution in [3.63, 3.8) is 0 Å². The lowest BCUT2D eigenvalue weighted by atomic mass is 10.1. The fourth-order valence-electron chi connectivity index (χ4n) is 2.01. The number of rotatable bonds is 6. The Morgan fingerprint density at radius 3 is 2.40 bits per heavy atom. The highest BCUT2D eigenvalue weighted by molar-refractivity contribution is 5.46. The zero-order valence-electron chi connectivity index (χ0n) is 11.1. The van der Waals surface area contributed by atoms with E-state index in [0.29, 0.717) is 6.42 Å². The maximum atomic E-state index is 13.5. The molecule has 0 saturated carbocycles. The van der Waals surface area contributed by atoms with E-state index in [1.54, 1.807) is 0 Å². The number of anilines is 1. The predicted molar refractivity (Wildman–Crippen MR) is 75.5 cm³/mol. The summed E-state index contributed by atoms with van der Waals surface area (Å²) in [5.74, 6) is -1.09. The molecule has 0 unspecified atom stereocenters. The minimum atomic E-state index is -0.547. The summed E-state index contributed by atoms with van der Waals surface area (Å²) in [5.41, 5.74) is 1.93. The van der Waals surface area contributed by atoms with Crippen molar-refractivity contribution in [2.24, 2.45) is 0 Å². The summed E-state index contributed by atoms with van der Waals surface area (Å²) >= 11 is 0. The minimum absolute atomic E-state index is 0.0354. The molecule has 0 fully saturated rings. The van der Waals surface area contributed by atoms with E-state index in [0.717, 1.165) is 17.7 Å². The Kier molecular flexibility index (Phi) is 5.07. The molecule has 0 aliphatic carbocycles. The summed E-state index contributed by atoms with van der Waals surface area (Å²) in [6.45, 7) is 0.250. The van der Waals surface area contributed by atoms with Crippen LogP contribution in [0.1, 0.15) is 17.5 Å². The topological polar surface area (TPSA) is 32.3 Å². The Morgan fingerprint density at radius 1 is 1.00 bits per heavy atom. The Balaban J connectivity index is 2.03. The second-order valence-corrected chi connectivity index (χ2v) is 4.58. The van der Waals surface area contributed by atoms with Gasteiger partial charge in [0.05, 0.1) is 0 Å². The molecule has 0 heterocycles. The number of aliphatic hydroxyl groups is 1. The van der Waals surface area contributed by atoms with Crippen molar-refractivity contribution in [2.45, 2.75) is 19.4 Å². The standard InChI is InChI=1S/C16H17F2NO/c17-15-7-2-8-16(18)14(15)11-19-13-6-1-4-12(10-13)5-3-9-20/h1-2,4,6-8,10,19-20H,3,5,9,11H2. The van der Waals surface area contributed by atoms with Gasteiger partial charge in [-0.1, -0.05) is 18.2 Å². The lowest BCUT2D eigenvalue weighted by molar-refractivity contribution is 0.288. The number of nitrogens with one attached hydrogen (secondary N) is 1. The van der Waals surface area contributed by atoms with Crippen molar-refractivity contribution >= 4 is 5.69 Å². The molecule has 0 bridgehead atoms. The summed E-state index contributed by atoms with van der Waals surface area (Å²) < 4.78 is 27.0. The van der Waals surface area contributed by atoms with Crippen LogP contribution >= 0.6 is 0 Å². The van der Waals surface area contributed by atoms with Gasteiger partial charge in [0.25, 0.3) is 0 Å². The van der Waals surface area contributed by atoms with Gasteiger partial charge in [-0.05, 0) is 42.7 Å². The fraction of sp³-hybridized carbons (Fsp3) is 0.250. The summed E-state index contributed by atoms with van der Waals surface area (Å²) in [5, 5.41) is 11.8. The quantitative estimate of drug-likeness (QED) is 0.847. The van der Waals surface area contributed by atoms with Crippen molar-refractivity contribution in [3.8, 4) is 0 Å². The molecule has 2 nitrogen and oxygen atoms in total. The molecule has 20 heavy (non-hydrogen) atoms. The molecule has 2 aromatic rings. The van der Waals surface area contributed by atoms with Gasteiger partial charge in [-0.3, -0.25) is 0 Å². The van der Waals surface area contributed by atoms with Crippen LogP contribution in [-0.2, 0) is 13.0 Å². The molecule has 0 spiro atoms. The zero-order valence-corrected chi connectivity index (χ0v) is 11.1. The highest BCUT2D eigenvalue weighted by atomic mass is 19.1. The van der Waals surface area contributed by atoms with Crippen LogP contribution in [0.2, 0.25) is 0 Å². The van der Waals surface area contributed by atoms with Crippen LogP contribution in [0.15, 0.2) is 42.5 Å². The lowest BCUT2D eigenvalue weighted by Gasteiger charge is -2.10. The van der Waals surface area contributed by atoms with Crippen LogP contribution in [0.25, 0.3) is 0 Å². The Hall–Kier alpha value is -1.94. The van der Waals surface area contributed by atoms with Gasteiger partial charge in [-0.2, -0.15) is 0 Å². The van der Waals surface area contributed by atoms with Gasteiger partial charge in [0, 0.05) is 24.4 Å². The minimum Gasteiger partial charge on any atom is -0.396 e. The van der Waals surface area contributed by atoms with E-state index in [1.165, 1.54) is 18.2 Å². The number of aliphatic hydroxyl groups excluding tert-OH is 1. The molecule has 4 heteroatoms. The largest absolute Gasteiger partial charge is 0.396 e. The number of benzene rings is 2. The smallest absolute Gasteiger partial charge is 0.131 e. The fourth-order valence-corrected chi connectivity index (χ4v) is 2.01. The van der Waals surface area contributed by atoms with Gasteiger partial charge < -0.3 is 10.4 Å². The first-order valence-electron chi connectivity index (χ1n) is 6.57. The van der Waals surface area contributed by atoms with Crippen molar-refractivity contribution in [2.75, 3.05) is 11.9 Å². The molecule has 0 radical (unpaired) electrons. The van der Waals surface area contributed by atoms with Crippen molar-refractivity contribution in [3.05, 3.63) is 65.2 Å². The van der Waals surface area contributed by atoms with E-state index in [1.807, 2.05) is 24.3 Å².